The van der Waals surface area contributed by atoms with Gasteiger partial charge in [0.25, 0.3) is 0 Å². The van der Waals surface area contributed by atoms with E-state index in [2.05, 4.69) is 51.0 Å². The molecule has 0 atom stereocenters. The van der Waals surface area contributed by atoms with Crippen molar-refractivity contribution in [3.63, 3.8) is 0 Å². The molecule has 2 aliphatic rings. The van der Waals surface area contributed by atoms with E-state index in [1.165, 1.54) is 44.6 Å². The third-order valence-corrected chi connectivity index (χ3v) is 5.50. The Hall–Kier alpha value is -1.92. The quantitative estimate of drug-likeness (QED) is 0.853. The van der Waals surface area contributed by atoms with Crippen LogP contribution in [0.15, 0.2) is 28.7 Å². The summed E-state index contributed by atoms with van der Waals surface area (Å²) < 4.78 is 5.93. The van der Waals surface area contributed by atoms with Gasteiger partial charge in [-0.15, -0.1) is 5.10 Å². The maximum atomic E-state index is 5.93. The van der Waals surface area contributed by atoms with Crippen LogP contribution >= 0.6 is 0 Å². The second-order valence-corrected chi connectivity index (χ2v) is 7.31. The van der Waals surface area contributed by atoms with Crippen LogP contribution < -0.4 is 4.90 Å². The number of likely N-dealkylation sites (N-methyl/N-ethyl adjacent to an activating group) is 1. The van der Waals surface area contributed by atoms with E-state index in [0.29, 0.717) is 17.9 Å². The van der Waals surface area contributed by atoms with Gasteiger partial charge in [0.2, 0.25) is 5.89 Å². The Balaban J connectivity index is 1.36. The lowest BCUT2D eigenvalue weighted by molar-refractivity contribution is 0.0976. The average Bonchev–Trinajstić information content (AvgIpc) is 3.13. The summed E-state index contributed by atoms with van der Waals surface area (Å²) >= 11 is 0. The highest BCUT2D eigenvalue weighted by Gasteiger charge is 2.28. The van der Waals surface area contributed by atoms with E-state index in [0.717, 1.165) is 18.7 Å². The first-order valence-corrected chi connectivity index (χ1v) is 9.27. The predicted molar refractivity (Wildman–Crippen MR) is 98.8 cm³/mol. The highest BCUT2D eigenvalue weighted by Crippen LogP contribution is 2.26. The molecule has 1 aromatic carbocycles. The number of aryl methyl sites for hydroxylation is 1. The van der Waals surface area contributed by atoms with E-state index in [4.69, 9.17) is 4.42 Å². The molecular weight excluding hydrogens is 314 g/mol. The topological polar surface area (TPSA) is 48.6 Å². The van der Waals surface area contributed by atoms with E-state index in [9.17, 15) is 0 Å². The molecule has 0 bridgehead atoms. The van der Waals surface area contributed by atoms with Gasteiger partial charge in [0.1, 0.15) is 0 Å². The molecule has 2 aliphatic heterocycles. The van der Waals surface area contributed by atoms with Crippen molar-refractivity contribution in [1.82, 2.24) is 20.0 Å². The largest absolute Gasteiger partial charge is 0.403 e. The van der Waals surface area contributed by atoms with Gasteiger partial charge in [0.05, 0.1) is 0 Å². The van der Waals surface area contributed by atoms with Gasteiger partial charge >= 0.3 is 6.01 Å². The van der Waals surface area contributed by atoms with Gasteiger partial charge in [-0.1, -0.05) is 22.8 Å². The van der Waals surface area contributed by atoms with E-state index >= 15 is 0 Å². The lowest BCUT2D eigenvalue weighted by atomic mass is 10.0. The average molecular weight is 341 g/mol. The SMILES string of the molecule is Cc1ccc(-c2nnc(N3CCC(N4CCN(C)CC4)CC3)o2)cc1. The number of hydrogen-bond acceptors (Lipinski definition) is 6. The summed E-state index contributed by atoms with van der Waals surface area (Å²) in [5, 5.41) is 8.51. The van der Waals surface area contributed by atoms with E-state index in [1.54, 1.807) is 0 Å². The number of rotatable bonds is 3. The molecule has 0 saturated carbocycles. The molecule has 0 spiro atoms. The van der Waals surface area contributed by atoms with Crippen LogP contribution in [-0.4, -0.2) is 72.4 Å². The van der Waals surface area contributed by atoms with Gasteiger partial charge in [-0.05, 0) is 38.9 Å². The maximum Gasteiger partial charge on any atom is 0.318 e. The fourth-order valence-corrected chi connectivity index (χ4v) is 3.77. The Morgan fingerprint density at radius 3 is 2.28 bits per heavy atom. The first-order valence-electron chi connectivity index (χ1n) is 9.27. The molecule has 1 aromatic heterocycles. The van der Waals surface area contributed by atoms with Gasteiger partial charge < -0.3 is 14.2 Å². The van der Waals surface area contributed by atoms with Crippen molar-refractivity contribution in [2.75, 3.05) is 51.2 Å². The molecule has 6 heteroatoms. The number of piperidine rings is 1. The maximum absolute atomic E-state index is 5.93. The van der Waals surface area contributed by atoms with Crippen LogP contribution in [0.4, 0.5) is 6.01 Å². The van der Waals surface area contributed by atoms with Crippen LogP contribution in [0.2, 0.25) is 0 Å². The minimum Gasteiger partial charge on any atom is -0.403 e. The summed E-state index contributed by atoms with van der Waals surface area (Å²) in [6.07, 6.45) is 2.35. The third-order valence-electron chi connectivity index (χ3n) is 5.50. The minimum atomic E-state index is 0.608. The summed E-state index contributed by atoms with van der Waals surface area (Å²) in [5.41, 5.74) is 2.21. The minimum absolute atomic E-state index is 0.608. The zero-order valence-electron chi connectivity index (χ0n) is 15.2. The first-order chi connectivity index (χ1) is 12.2. The molecule has 2 fully saturated rings. The highest BCUT2D eigenvalue weighted by atomic mass is 16.4. The second-order valence-electron chi connectivity index (χ2n) is 7.31. The van der Waals surface area contributed by atoms with Crippen molar-refractivity contribution in [3.8, 4) is 11.5 Å². The van der Waals surface area contributed by atoms with Crippen molar-refractivity contribution < 1.29 is 4.42 Å². The normalized spacial score (nSPS) is 21.0. The molecule has 6 nitrogen and oxygen atoms in total. The first kappa shape index (κ1) is 16.5. The predicted octanol–water partition coefficient (Wildman–Crippen LogP) is 2.26. The molecule has 4 rings (SSSR count). The zero-order chi connectivity index (χ0) is 17.2. The number of benzene rings is 1. The molecule has 3 heterocycles. The number of hydrogen-bond donors (Lipinski definition) is 0. The van der Waals surface area contributed by atoms with Crippen LogP contribution in [-0.2, 0) is 0 Å². The van der Waals surface area contributed by atoms with Crippen molar-refractivity contribution in [1.29, 1.82) is 0 Å². The fraction of sp³-hybridized carbons (Fsp3) is 0.579. The number of aromatic nitrogens is 2. The molecule has 0 aliphatic carbocycles. The zero-order valence-corrected chi connectivity index (χ0v) is 15.2. The molecule has 25 heavy (non-hydrogen) atoms. The molecule has 0 unspecified atom stereocenters. The molecule has 2 aromatic rings. The smallest absolute Gasteiger partial charge is 0.318 e. The standard InChI is InChI=1S/C19H27N5O/c1-15-3-5-16(6-4-15)18-20-21-19(25-18)24-9-7-17(8-10-24)23-13-11-22(2)12-14-23/h3-6,17H,7-14H2,1-2H3. The van der Waals surface area contributed by atoms with Crippen molar-refractivity contribution in [3.05, 3.63) is 29.8 Å². The molecule has 134 valence electrons. The van der Waals surface area contributed by atoms with Gasteiger partial charge in [-0.25, -0.2) is 0 Å². The van der Waals surface area contributed by atoms with Crippen LogP contribution in [0.25, 0.3) is 11.5 Å². The summed E-state index contributed by atoms with van der Waals surface area (Å²) in [6, 6.07) is 9.57. The number of piperazine rings is 1. The Kier molecular flexibility index (Phi) is 4.72. The number of anilines is 1. The Morgan fingerprint density at radius 2 is 1.60 bits per heavy atom. The van der Waals surface area contributed by atoms with Crippen molar-refractivity contribution in [2.45, 2.75) is 25.8 Å². The number of nitrogens with zero attached hydrogens (tertiary/aromatic N) is 5. The van der Waals surface area contributed by atoms with Crippen molar-refractivity contribution in [2.24, 2.45) is 0 Å². The Morgan fingerprint density at radius 1 is 0.920 bits per heavy atom. The molecule has 0 N–H and O–H groups in total. The van der Waals surface area contributed by atoms with Gasteiger partial charge in [-0.2, -0.15) is 0 Å². The third kappa shape index (κ3) is 3.70. The fourth-order valence-electron chi connectivity index (χ4n) is 3.77. The van der Waals surface area contributed by atoms with Crippen LogP contribution in [0.5, 0.6) is 0 Å². The monoisotopic (exact) mass is 341 g/mol. The molecule has 0 amide bonds. The lowest BCUT2D eigenvalue weighted by Gasteiger charge is -2.41. The van der Waals surface area contributed by atoms with Crippen LogP contribution in [0, 0.1) is 6.92 Å². The van der Waals surface area contributed by atoms with E-state index < -0.39 is 0 Å². The summed E-state index contributed by atoms with van der Waals surface area (Å²) in [7, 11) is 2.21. The highest BCUT2D eigenvalue weighted by molar-refractivity contribution is 5.54. The van der Waals surface area contributed by atoms with Crippen molar-refractivity contribution >= 4 is 6.01 Å². The summed E-state index contributed by atoms with van der Waals surface area (Å²) in [5.74, 6) is 0.608. The Labute approximate surface area is 149 Å². The Bertz CT molecular complexity index is 682. The van der Waals surface area contributed by atoms with Crippen LogP contribution in [0.3, 0.4) is 0 Å². The van der Waals surface area contributed by atoms with Crippen LogP contribution in [0.1, 0.15) is 18.4 Å². The van der Waals surface area contributed by atoms with Gasteiger partial charge in [0.15, 0.2) is 0 Å². The summed E-state index contributed by atoms with van der Waals surface area (Å²) in [6.45, 7) is 8.82. The summed E-state index contributed by atoms with van der Waals surface area (Å²) in [4.78, 5) is 7.30. The van der Waals surface area contributed by atoms with E-state index in [-0.39, 0.29) is 0 Å². The van der Waals surface area contributed by atoms with Gasteiger partial charge in [-0.3, -0.25) is 4.90 Å². The molecule has 2 saturated heterocycles. The molecular formula is C19H27N5O. The lowest BCUT2D eigenvalue weighted by Crippen LogP contribution is -2.52. The van der Waals surface area contributed by atoms with E-state index in [1.807, 2.05) is 12.1 Å². The van der Waals surface area contributed by atoms with Gasteiger partial charge in [0, 0.05) is 50.9 Å². The molecule has 0 radical (unpaired) electrons. The second kappa shape index (κ2) is 7.14.